The lowest BCUT2D eigenvalue weighted by Gasteiger charge is -2.36. The summed E-state index contributed by atoms with van der Waals surface area (Å²) < 4.78 is 37.4. The summed E-state index contributed by atoms with van der Waals surface area (Å²) in [6.45, 7) is 5.15. The van der Waals surface area contributed by atoms with Crippen LogP contribution in [0.25, 0.3) is 0 Å². The SMILES string of the molecule is CCC1(CC)CC(=O)N(CC2CC2C(=O)N[C@H]2CCOc3ccccc32)C(N)=N1.O=C(O)C(F)(F)F. The molecule has 4 N–H and O–H groups in total. The number of hydrogen-bond donors (Lipinski definition) is 3. The molecule has 9 nitrogen and oxygen atoms in total. The van der Waals surface area contributed by atoms with E-state index >= 15 is 0 Å². The summed E-state index contributed by atoms with van der Waals surface area (Å²) in [7, 11) is 0. The average molecular weight is 513 g/mol. The minimum absolute atomic E-state index is 0.0191. The van der Waals surface area contributed by atoms with Gasteiger partial charge >= 0.3 is 12.1 Å². The zero-order valence-corrected chi connectivity index (χ0v) is 20.2. The molecule has 0 aromatic heterocycles. The molecule has 1 aromatic carbocycles. The third kappa shape index (κ3) is 6.27. The zero-order valence-electron chi connectivity index (χ0n) is 20.2. The Morgan fingerprint density at radius 1 is 1.28 bits per heavy atom. The summed E-state index contributed by atoms with van der Waals surface area (Å²) in [6.07, 6.45) is -1.56. The first-order chi connectivity index (χ1) is 16.9. The number of carbonyl (C=O) groups is 3. The molecule has 3 aliphatic rings. The third-order valence-corrected chi connectivity index (χ3v) is 6.92. The minimum atomic E-state index is -5.08. The number of amides is 2. The molecule has 2 aliphatic heterocycles. The summed E-state index contributed by atoms with van der Waals surface area (Å²) in [5.74, 6) is -1.48. The number of carboxylic acids is 1. The van der Waals surface area contributed by atoms with Crippen molar-refractivity contribution in [3.05, 3.63) is 29.8 Å². The van der Waals surface area contributed by atoms with Gasteiger partial charge in [0.15, 0.2) is 5.96 Å². The smallest absolute Gasteiger partial charge is 0.490 e. The Morgan fingerprint density at radius 3 is 2.50 bits per heavy atom. The third-order valence-electron chi connectivity index (χ3n) is 6.92. The molecule has 1 fully saturated rings. The zero-order chi connectivity index (χ0) is 26.7. The van der Waals surface area contributed by atoms with E-state index in [1.165, 1.54) is 0 Å². The number of benzene rings is 1. The van der Waals surface area contributed by atoms with Gasteiger partial charge in [0.25, 0.3) is 0 Å². The number of fused-ring (bicyclic) bond motifs is 1. The van der Waals surface area contributed by atoms with Gasteiger partial charge in [0.2, 0.25) is 11.8 Å². The Labute approximate surface area is 206 Å². The predicted molar refractivity (Wildman–Crippen MR) is 124 cm³/mol. The lowest BCUT2D eigenvalue weighted by molar-refractivity contribution is -0.192. The van der Waals surface area contributed by atoms with Gasteiger partial charge in [-0.15, -0.1) is 0 Å². The highest BCUT2D eigenvalue weighted by atomic mass is 19.4. The predicted octanol–water partition coefficient (Wildman–Crippen LogP) is 3.00. The van der Waals surface area contributed by atoms with E-state index in [0.29, 0.717) is 25.5 Å². The van der Waals surface area contributed by atoms with Crippen molar-refractivity contribution in [2.75, 3.05) is 13.2 Å². The number of hydrogen-bond acceptors (Lipinski definition) is 6. The lowest BCUT2D eigenvalue weighted by Crippen LogP contribution is -2.52. The molecular formula is C24H31F3N4O5. The van der Waals surface area contributed by atoms with Crippen LogP contribution in [0.2, 0.25) is 0 Å². The van der Waals surface area contributed by atoms with Gasteiger partial charge in [-0.2, -0.15) is 13.2 Å². The Balaban J connectivity index is 0.000000454. The summed E-state index contributed by atoms with van der Waals surface area (Å²) in [5, 5.41) is 10.3. The van der Waals surface area contributed by atoms with Crippen LogP contribution < -0.4 is 15.8 Å². The van der Waals surface area contributed by atoms with Gasteiger partial charge in [0, 0.05) is 24.4 Å². The number of alkyl halides is 3. The highest BCUT2D eigenvalue weighted by Crippen LogP contribution is 2.41. The second-order valence-electron chi connectivity index (χ2n) is 9.22. The topological polar surface area (TPSA) is 134 Å². The Kier molecular flexibility index (Phi) is 8.15. The molecular weight excluding hydrogens is 481 g/mol. The molecule has 3 atom stereocenters. The van der Waals surface area contributed by atoms with Crippen molar-refractivity contribution in [3.8, 4) is 5.75 Å². The molecule has 2 heterocycles. The number of aliphatic carboxylic acids is 1. The highest BCUT2D eigenvalue weighted by molar-refractivity contribution is 5.99. The van der Waals surface area contributed by atoms with Crippen molar-refractivity contribution in [1.29, 1.82) is 0 Å². The fourth-order valence-electron chi connectivity index (χ4n) is 4.48. The van der Waals surface area contributed by atoms with E-state index in [2.05, 4.69) is 10.3 Å². The first-order valence-corrected chi connectivity index (χ1v) is 11.9. The number of nitrogens with zero attached hydrogens (tertiary/aromatic N) is 2. The van der Waals surface area contributed by atoms with Crippen LogP contribution in [0.5, 0.6) is 5.75 Å². The van der Waals surface area contributed by atoms with Crippen LogP contribution in [0, 0.1) is 11.8 Å². The molecule has 0 spiro atoms. The highest BCUT2D eigenvalue weighted by Gasteiger charge is 2.47. The van der Waals surface area contributed by atoms with Gasteiger partial charge in [0.1, 0.15) is 5.75 Å². The molecule has 0 bridgehead atoms. The minimum Gasteiger partial charge on any atom is -0.493 e. The number of guanidine groups is 1. The van der Waals surface area contributed by atoms with Gasteiger partial charge in [-0.05, 0) is 31.2 Å². The number of rotatable bonds is 6. The van der Waals surface area contributed by atoms with Crippen molar-refractivity contribution in [2.24, 2.45) is 22.6 Å². The second-order valence-corrected chi connectivity index (χ2v) is 9.22. The maximum absolute atomic E-state index is 12.8. The van der Waals surface area contributed by atoms with E-state index in [4.69, 9.17) is 20.4 Å². The summed E-state index contributed by atoms with van der Waals surface area (Å²) in [5.41, 5.74) is 6.80. The number of ether oxygens (including phenoxy) is 1. The molecule has 0 radical (unpaired) electrons. The number of nitrogens with one attached hydrogen (secondary N) is 1. The van der Waals surface area contributed by atoms with Gasteiger partial charge in [-0.25, -0.2) is 9.79 Å². The van der Waals surface area contributed by atoms with Gasteiger partial charge in [-0.3, -0.25) is 14.5 Å². The summed E-state index contributed by atoms with van der Waals surface area (Å²) in [6, 6.07) is 7.81. The number of nitrogens with two attached hydrogens (primary N) is 1. The normalized spacial score (nSPS) is 24.4. The number of halogens is 3. The summed E-state index contributed by atoms with van der Waals surface area (Å²) >= 11 is 0. The number of carboxylic acid groups (broad SMARTS) is 1. The van der Waals surface area contributed by atoms with E-state index in [9.17, 15) is 22.8 Å². The molecule has 2 unspecified atom stereocenters. The van der Waals surface area contributed by atoms with Crippen molar-refractivity contribution in [2.45, 2.75) is 63.7 Å². The molecule has 4 rings (SSSR count). The van der Waals surface area contributed by atoms with E-state index in [0.717, 1.165) is 37.0 Å². The average Bonchev–Trinajstić information content (AvgIpc) is 3.61. The monoisotopic (exact) mass is 512 g/mol. The summed E-state index contributed by atoms with van der Waals surface area (Å²) in [4.78, 5) is 40.6. The van der Waals surface area contributed by atoms with Gasteiger partial charge in [-0.1, -0.05) is 32.0 Å². The molecule has 0 saturated heterocycles. The Hall–Kier alpha value is -3.31. The fourth-order valence-corrected chi connectivity index (χ4v) is 4.48. The van der Waals surface area contributed by atoms with E-state index in [-0.39, 0.29) is 35.2 Å². The Bertz CT molecular complexity index is 1030. The fraction of sp³-hybridized carbons (Fsp3) is 0.583. The van der Waals surface area contributed by atoms with Crippen LogP contribution in [0.4, 0.5) is 13.2 Å². The molecule has 198 valence electrons. The number of aliphatic imine (C=N–C) groups is 1. The van der Waals surface area contributed by atoms with Gasteiger partial charge in [0.05, 0.1) is 24.6 Å². The van der Waals surface area contributed by atoms with Crippen LogP contribution in [-0.4, -0.2) is 58.6 Å². The van der Waals surface area contributed by atoms with Crippen molar-refractivity contribution in [1.82, 2.24) is 10.2 Å². The largest absolute Gasteiger partial charge is 0.493 e. The van der Waals surface area contributed by atoms with E-state index in [1.807, 2.05) is 38.1 Å². The van der Waals surface area contributed by atoms with Crippen LogP contribution in [0.1, 0.15) is 57.6 Å². The van der Waals surface area contributed by atoms with Crippen molar-refractivity contribution >= 4 is 23.7 Å². The van der Waals surface area contributed by atoms with E-state index < -0.39 is 12.1 Å². The van der Waals surface area contributed by atoms with E-state index in [1.54, 1.807) is 4.90 Å². The van der Waals surface area contributed by atoms with Crippen LogP contribution in [0.15, 0.2) is 29.3 Å². The quantitative estimate of drug-likeness (QED) is 0.537. The second kappa shape index (κ2) is 10.8. The number of carbonyl (C=O) groups excluding carboxylic acids is 2. The van der Waals surface area contributed by atoms with Crippen LogP contribution >= 0.6 is 0 Å². The first-order valence-electron chi connectivity index (χ1n) is 11.9. The van der Waals surface area contributed by atoms with Crippen LogP contribution in [0.3, 0.4) is 0 Å². The number of para-hydroxylation sites is 1. The Morgan fingerprint density at radius 2 is 1.92 bits per heavy atom. The molecule has 1 aromatic rings. The standard InChI is InChI=1S/C22H30N4O3.C2HF3O2/c1-3-22(4-2)12-19(27)26(21(23)25-22)13-14-11-16(14)20(28)24-17-9-10-29-18-8-6-5-7-15(17)18;3-2(4,5)1(6)7/h5-8,14,16-17H,3-4,9-13H2,1-2H3,(H2,23,25)(H,24,28);(H,6,7)/t14?,16?,17-;/m0./s1. The lowest BCUT2D eigenvalue weighted by atomic mass is 9.88. The van der Waals surface area contributed by atoms with Crippen molar-refractivity contribution < 1.29 is 37.4 Å². The maximum atomic E-state index is 12.8. The van der Waals surface area contributed by atoms with Crippen molar-refractivity contribution in [3.63, 3.8) is 0 Å². The first kappa shape index (κ1) is 27.3. The molecule has 36 heavy (non-hydrogen) atoms. The molecule has 2 amide bonds. The molecule has 1 aliphatic carbocycles. The van der Waals surface area contributed by atoms with Crippen LogP contribution in [-0.2, 0) is 14.4 Å². The maximum Gasteiger partial charge on any atom is 0.490 e. The molecule has 1 saturated carbocycles. The van der Waals surface area contributed by atoms with Gasteiger partial charge < -0.3 is 20.9 Å². The molecule has 12 heteroatoms.